The number of hydrogen-bond donors (Lipinski definition) is 0. The van der Waals surface area contributed by atoms with Crippen LogP contribution < -0.4 is 19.2 Å². The van der Waals surface area contributed by atoms with Crippen LogP contribution in [0.5, 0.6) is 17.2 Å². The van der Waals surface area contributed by atoms with E-state index in [0.717, 1.165) is 28.9 Å². The van der Waals surface area contributed by atoms with Crippen molar-refractivity contribution in [3.05, 3.63) is 75.5 Å². The van der Waals surface area contributed by atoms with Crippen LogP contribution in [0.15, 0.2) is 53.7 Å². The van der Waals surface area contributed by atoms with Gasteiger partial charge in [-0.25, -0.2) is 18.2 Å². The first-order valence-electron chi connectivity index (χ1n) is 15.1. The van der Waals surface area contributed by atoms with Crippen LogP contribution in [0.4, 0.5) is 8.78 Å². The average molecular weight is 762 g/mol. The topological polar surface area (TPSA) is 126 Å². The Morgan fingerprint density at radius 3 is 2.39 bits per heavy atom. The SMILES string of the molecule is COc1ccc(S(=O)(=O)N2CCS[C@H]2C(=O)O[C@@H](Cc2c(Cl)c[nH+]cc2Cl)c2ccc(OC(F)F)c(OCC3CC3)c2)cc1C(=O)N(C)C. The zero-order chi connectivity index (χ0) is 35.5. The first kappa shape index (κ1) is 36.9. The summed E-state index contributed by atoms with van der Waals surface area (Å²) in [5.74, 6) is -0.731. The van der Waals surface area contributed by atoms with E-state index in [4.69, 9.17) is 37.4 Å². The number of sulfonamides is 1. The van der Waals surface area contributed by atoms with Crippen LogP contribution in [-0.2, 0) is 26.0 Å². The third-order valence-electron chi connectivity index (χ3n) is 7.84. The number of aromatic nitrogens is 1. The molecule has 2 aliphatic rings. The molecule has 2 fully saturated rings. The molecular formula is C32H34Cl2F2N3O8S2+. The number of carbonyl (C=O) groups is 2. The second kappa shape index (κ2) is 15.7. The second-order valence-electron chi connectivity index (χ2n) is 11.5. The van der Waals surface area contributed by atoms with E-state index in [1.807, 2.05) is 0 Å². The molecule has 0 unspecified atom stereocenters. The van der Waals surface area contributed by atoms with Gasteiger partial charge in [0.05, 0.1) is 24.2 Å². The highest BCUT2D eigenvalue weighted by Crippen LogP contribution is 2.39. The largest absolute Gasteiger partial charge is 0.496 e. The van der Waals surface area contributed by atoms with Crippen LogP contribution in [0, 0.1) is 5.92 Å². The molecule has 49 heavy (non-hydrogen) atoms. The van der Waals surface area contributed by atoms with E-state index >= 15 is 0 Å². The number of H-pyrrole nitrogens is 1. The number of amides is 1. The monoisotopic (exact) mass is 760 g/mol. The van der Waals surface area contributed by atoms with E-state index in [2.05, 4.69) is 9.72 Å². The highest BCUT2D eigenvalue weighted by atomic mass is 35.5. The van der Waals surface area contributed by atoms with Gasteiger partial charge in [-0.3, -0.25) is 4.79 Å². The fourth-order valence-electron chi connectivity index (χ4n) is 5.08. The predicted molar refractivity (Wildman–Crippen MR) is 178 cm³/mol. The minimum absolute atomic E-state index is 0.00851. The molecule has 0 bridgehead atoms. The van der Waals surface area contributed by atoms with Gasteiger partial charge < -0.3 is 23.8 Å². The Hall–Kier alpha value is -3.37. The van der Waals surface area contributed by atoms with Crippen molar-refractivity contribution < 1.29 is 50.7 Å². The molecule has 2 heterocycles. The summed E-state index contributed by atoms with van der Waals surface area (Å²) in [6.07, 6.45) is 3.75. The molecule has 1 aliphatic carbocycles. The van der Waals surface area contributed by atoms with Crippen LogP contribution in [0.25, 0.3) is 0 Å². The normalized spacial score (nSPS) is 17.1. The Bertz CT molecular complexity index is 1790. The quantitative estimate of drug-likeness (QED) is 0.196. The molecule has 0 radical (unpaired) electrons. The number of thioether (sulfide) groups is 1. The van der Waals surface area contributed by atoms with E-state index in [0.29, 0.717) is 23.7 Å². The molecule has 2 atom stereocenters. The van der Waals surface area contributed by atoms with Gasteiger partial charge in [-0.2, -0.15) is 13.1 Å². The van der Waals surface area contributed by atoms with Crippen molar-refractivity contribution in [3.63, 3.8) is 0 Å². The Morgan fingerprint density at radius 1 is 1.06 bits per heavy atom. The molecule has 5 rings (SSSR count). The van der Waals surface area contributed by atoms with Gasteiger partial charge in [0.1, 0.15) is 21.9 Å². The Labute approximate surface area is 296 Å². The van der Waals surface area contributed by atoms with E-state index in [-0.39, 0.29) is 56.5 Å². The third kappa shape index (κ3) is 8.69. The molecule has 1 aliphatic heterocycles. The Balaban J connectivity index is 1.47. The summed E-state index contributed by atoms with van der Waals surface area (Å²) in [7, 11) is 0.104. The number of aromatic amines is 1. The van der Waals surface area contributed by atoms with Gasteiger partial charge in [0.15, 0.2) is 29.3 Å². The number of halogens is 4. The van der Waals surface area contributed by atoms with Gasteiger partial charge >= 0.3 is 12.6 Å². The average Bonchev–Trinajstić information content (AvgIpc) is 3.76. The highest BCUT2D eigenvalue weighted by Gasteiger charge is 2.42. The summed E-state index contributed by atoms with van der Waals surface area (Å²) in [4.78, 5) is 30.6. The minimum atomic E-state index is -4.31. The number of rotatable bonds is 14. The van der Waals surface area contributed by atoms with Crippen molar-refractivity contribution in [1.82, 2.24) is 9.21 Å². The maximum atomic E-state index is 13.9. The molecule has 17 heteroatoms. The number of pyridine rings is 1. The number of ether oxygens (including phenoxy) is 4. The lowest BCUT2D eigenvalue weighted by Crippen LogP contribution is -2.40. The zero-order valence-electron chi connectivity index (χ0n) is 26.7. The molecule has 0 spiro atoms. The number of nitrogens with one attached hydrogen (secondary N) is 1. The maximum Gasteiger partial charge on any atom is 0.387 e. The smallest absolute Gasteiger partial charge is 0.387 e. The van der Waals surface area contributed by atoms with Gasteiger partial charge in [-0.15, -0.1) is 11.8 Å². The molecule has 11 nitrogen and oxygen atoms in total. The fraction of sp³-hybridized carbons (Fsp3) is 0.406. The molecule has 264 valence electrons. The number of nitrogens with zero attached hydrogens (tertiary/aromatic N) is 2. The van der Waals surface area contributed by atoms with E-state index in [9.17, 15) is 26.8 Å². The summed E-state index contributed by atoms with van der Waals surface area (Å²) in [6.45, 7) is -2.82. The maximum absolute atomic E-state index is 13.9. The van der Waals surface area contributed by atoms with Crippen molar-refractivity contribution in [2.75, 3.05) is 40.1 Å². The minimum Gasteiger partial charge on any atom is -0.496 e. The Kier molecular flexibility index (Phi) is 11.8. The van der Waals surface area contributed by atoms with Crippen LogP contribution in [0.2, 0.25) is 10.0 Å². The third-order valence-corrected chi connectivity index (χ3v) is 11.7. The van der Waals surface area contributed by atoms with E-state index in [1.165, 1.54) is 74.9 Å². The van der Waals surface area contributed by atoms with Crippen LogP contribution in [-0.4, -0.2) is 81.6 Å². The first-order valence-corrected chi connectivity index (χ1v) is 18.3. The lowest BCUT2D eigenvalue weighted by atomic mass is 10.0. The highest BCUT2D eigenvalue weighted by molar-refractivity contribution is 8.02. The Morgan fingerprint density at radius 2 is 1.76 bits per heavy atom. The molecule has 3 aromatic rings. The summed E-state index contributed by atoms with van der Waals surface area (Å²) in [5, 5.41) is -0.790. The summed E-state index contributed by atoms with van der Waals surface area (Å²) < 4.78 is 77.2. The van der Waals surface area contributed by atoms with Gasteiger partial charge in [0.25, 0.3) is 5.91 Å². The van der Waals surface area contributed by atoms with Crippen LogP contribution >= 0.6 is 35.0 Å². The van der Waals surface area contributed by atoms with Gasteiger partial charge in [0.2, 0.25) is 10.0 Å². The number of benzene rings is 2. The van der Waals surface area contributed by atoms with Gasteiger partial charge in [0, 0.05) is 38.4 Å². The van der Waals surface area contributed by atoms with Crippen LogP contribution in [0.3, 0.4) is 0 Å². The molecule has 1 saturated carbocycles. The summed E-state index contributed by atoms with van der Waals surface area (Å²) >= 11 is 14.0. The molecule has 1 aromatic heterocycles. The fourth-order valence-corrected chi connectivity index (χ4v) is 8.69. The lowest BCUT2D eigenvalue weighted by molar-refractivity contribution is -0.377. The molecular weight excluding hydrogens is 727 g/mol. The van der Waals surface area contributed by atoms with Crippen LogP contribution in [0.1, 0.15) is 40.4 Å². The molecule has 1 saturated heterocycles. The molecule has 2 aromatic carbocycles. The second-order valence-corrected chi connectivity index (χ2v) is 15.4. The predicted octanol–water partition coefficient (Wildman–Crippen LogP) is 5.50. The van der Waals surface area contributed by atoms with Crippen molar-refractivity contribution in [2.45, 2.75) is 42.2 Å². The van der Waals surface area contributed by atoms with Crippen molar-refractivity contribution in [2.24, 2.45) is 5.92 Å². The number of alkyl halides is 2. The number of hydrogen-bond acceptors (Lipinski definition) is 9. The van der Waals surface area contributed by atoms with Crippen molar-refractivity contribution in [3.8, 4) is 17.2 Å². The number of esters is 1. The van der Waals surface area contributed by atoms with Gasteiger partial charge in [-0.1, -0.05) is 29.3 Å². The molecule has 1 amide bonds. The van der Waals surface area contributed by atoms with Crippen molar-refractivity contribution >= 4 is 56.9 Å². The number of methoxy groups -OCH3 is 1. The summed E-state index contributed by atoms with van der Waals surface area (Å²) in [6, 6.07) is 8.10. The van der Waals surface area contributed by atoms with Gasteiger partial charge in [-0.05, 0) is 54.7 Å². The van der Waals surface area contributed by atoms with Crippen molar-refractivity contribution in [1.29, 1.82) is 0 Å². The lowest BCUT2D eigenvalue weighted by Gasteiger charge is -2.26. The first-order chi connectivity index (χ1) is 23.3. The molecule has 1 N–H and O–H groups in total. The van der Waals surface area contributed by atoms with E-state index < -0.39 is 40.0 Å². The standard InChI is InChI=1S/C32H33Cl2F2N3O8S2/c1-38(2)29(40)22-13-20(7-9-25(22)44-3)49(42,43)39-10-11-48-30(39)31(41)46-27(14-21-23(33)15-37-16-24(21)34)19-6-8-26(47-32(35)36)28(12-19)45-17-18-4-5-18/h6-9,12-13,15-16,18,27,30,32H,4-5,10-11,14,17H2,1-3H3/p+1/t27-,30-/m0/s1. The summed E-state index contributed by atoms with van der Waals surface area (Å²) in [5.41, 5.74) is 0.806. The zero-order valence-corrected chi connectivity index (χ0v) is 29.8. The van der Waals surface area contributed by atoms with E-state index in [1.54, 1.807) is 0 Å². The number of carbonyl (C=O) groups excluding carboxylic acids is 2.